The van der Waals surface area contributed by atoms with Gasteiger partial charge in [-0.15, -0.1) is 0 Å². The Kier molecular flexibility index (Phi) is 6.38. The van der Waals surface area contributed by atoms with Crippen molar-refractivity contribution in [2.75, 3.05) is 38.0 Å². The average Bonchev–Trinajstić information content (AvgIpc) is 2.29. The van der Waals surface area contributed by atoms with Gasteiger partial charge in [0, 0.05) is 32.9 Å². The van der Waals surface area contributed by atoms with Crippen LogP contribution in [-0.2, 0) is 16.1 Å². The van der Waals surface area contributed by atoms with Crippen LogP contribution in [-0.4, -0.2) is 43.4 Å². The molecule has 1 rings (SSSR count). The number of ether oxygens (including phenoxy) is 2. The number of nitrogens with one attached hydrogen (secondary N) is 2. The van der Waals surface area contributed by atoms with Crippen LogP contribution >= 0.6 is 0 Å². The van der Waals surface area contributed by atoms with Gasteiger partial charge in [0.2, 0.25) is 0 Å². The number of methoxy groups -OCH3 is 2. The van der Waals surface area contributed by atoms with E-state index >= 15 is 0 Å². The van der Waals surface area contributed by atoms with Crippen LogP contribution < -0.4 is 10.6 Å². The third kappa shape index (κ3) is 4.85. The summed E-state index contributed by atoms with van der Waals surface area (Å²) in [4.78, 5) is 8.73. The second kappa shape index (κ2) is 7.84. The van der Waals surface area contributed by atoms with Gasteiger partial charge in [-0.25, -0.2) is 9.97 Å². The first kappa shape index (κ1) is 14.7. The molecule has 0 spiro atoms. The van der Waals surface area contributed by atoms with Gasteiger partial charge in [-0.2, -0.15) is 0 Å². The highest BCUT2D eigenvalue weighted by Crippen LogP contribution is 2.13. The number of rotatable bonds is 8. The highest BCUT2D eigenvalue weighted by molar-refractivity contribution is 5.47. The highest BCUT2D eigenvalue weighted by Gasteiger charge is 2.07. The normalized spacial score (nSPS) is 12.2. The van der Waals surface area contributed by atoms with E-state index in [4.69, 9.17) is 9.47 Å². The number of nitrogens with zero attached hydrogens (tertiary/aromatic N) is 2. The quantitative estimate of drug-likeness (QED) is 0.733. The number of hydrogen-bond acceptors (Lipinski definition) is 6. The summed E-state index contributed by atoms with van der Waals surface area (Å²) in [6.45, 7) is 5.90. The van der Waals surface area contributed by atoms with Gasteiger partial charge in [-0.05, 0) is 13.8 Å². The SMILES string of the molecule is CCNc1cc(NC(C)COC)nc(COC)n1. The smallest absolute Gasteiger partial charge is 0.158 e. The molecule has 18 heavy (non-hydrogen) atoms. The molecule has 2 N–H and O–H groups in total. The number of hydrogen-bond donors (Lipinski definition) is 2. The van der Waals surface area contributed by atoms with E-state index in [0.717, 1.165) is 18.2 Å². The molecule has 1 heterocycles. The maximum absolute atomic E-state index is 5.09. The lowest BCUT2D eigenvalue weighted by Crippen LogP contribution is -2.22. The fourth-order valence-electron chi connectivity index (χ4n) is 1.58. The van der Waals surface area contributed by atoms with Crippen molar-refractivity contribution in [1.82, 2.24) is 9.97 Å². The molecule has 0 radical (unpaired) electrons. The van der Waals surface area contributed by atoms with Gasteiger partial charge in [-0.3, -0.25) is 0 Å². The number of anilines is 2. The van der Waals surface area contributed by atoms with E-state index in [1.165, 1.54) is 0 Å². The summed E-state index contributed by atoms with van der Waals surface area (Å²) in [5.74, 6) is 2.23. The third-order valence-corrected chi connectivity index (χ3v) is 2.21. The van der Waals surface area contributed by atoms with Crippen molar-refractivity contribution in [3.63, 3.8) is 0 Å². The molecule has 1 atom stereocenters. The summed E-state index contributed by atoms with van der Waals surface area (Å²) in [5, 5.41) is 6.44. The van der Waals surface area contributed by atoms with Gasteiger partial charge in [0.25, 0.3) is 0 Å². The summed E-state index contributed by atoms with van der Waals surface area (Å²) in [6.07, 6.45) is 0. The lowest BCUT2D eigenvalue weighted by molar-refractivity contribution is 0.178. The summed E-state index contributed by atoms with van der Waals surface area (Å²) < 4.78 is 10.1. The zero-order valence-electron chi connectivity index (χ0n) is 11.5. The Morgan fingerprint density at radius 3 is 2.56 bits per heavy atom. The van der Waals surface area contributed by atoms with Crippen LogP contribution in [0.1, 0.15) is 19.7 Å². The van der Waals surface area contributed by atoms with Gasteiger partial charge in [0.1, 0.15) is 18.2 Å². The molecule has 6 nitrogen and oxygen atoms in total. The Labute approximate surface area is 108 Å². The van der Waals surface area contributed by atoms with E-state index in [1.54, 1.807) is 14.2 Å². The summed E-state index contributed by atoms with van der Waals surface area (Å²) in [7, 11) is 3.31. The molecule has 0 aliphatic carbocycles. The molecule has 0 saturated carbocycles. The van der Waals surface area contributed by atoms with Crippen LogP contribution in [0.15, 0.2) is 6.07 Å². The van der Waals surface area contributed by atoms with Crippen molar-refractivity contribution in [3.8, 4) is 0 Å². The topological polar surface area (TPSA) is 68.3 Å². The van der Waals surface area contributed by atoms with Gasteiger partial charge in [-0.1, -0.05) is 0 Å². The highest BCUT2D eigenvalue weighted by atomic mass is 16.5. The summed E-state index contributed by atoms with van der Waals surface area (Å²) in [6, 6.07) is 2.07. The lowest BCUT2D eigenvalue weighted by atomic mass is 10.3. The Bertz CT molecular complexity index is 336. The first-order chi connectivity index (χ1) is 8.69. The second-order valence-electron chi connectivity index (χ2n) is 4.02. The van der Waals surface area contributed by atoms with Gasteiger partial charge < -0.3 is 20.1 Å². The van der Waals surface area contributed by atoms with Gasteiger partial charge in [0.05, 0.1) is 6.61 Å². The molecule has 6 heteroatoms. The standard InChI is InChI=1S/C12H22N4O2/c1-5-13-10-6-11(14-9(2)7-17-3)16-12(15-10)8-18-4/h6,9H,5,7-8H2,1-4H3,(H2,13,14,15,16). The molecule has 0 aromatic carbocycles. The minimum absolute atomic E-state index is 0.190. The van der Waals surface area contributed by atoms with Gasteiger partial charge >= 0.3 is 0 Å². The Morgan fingerprint density at radius 2 is 1.94 bits per heavy atom. The summed E-state index contributed by atoms with van der Waals surface area (Å²) >= 11 is 0. The molecule has 0 aliphatic heterocycles. The van der Waals surface area contributed by atoms with E-state index in [-0.39, 0.29) is 6.04 Å². The molecule has 1 aromatic rings. The van der Waals surface area contributed by atoms with Crippen LogP contribution in [0.3, 0.4) is 0 Å². The van der Waals surface area contributed by atoms with Crippen LogP contribution in [0.2, 0.25) is 0 Å². The van der Waals surface area contributed by atoms with Crippen molar-refractivity contribution in [2.24, 2.45) is 0 Å². The predicted molar refractivity (Wildman–Crippen MR) is 71.9 cm³/mol. The zero-order chi connectivity index (χ0) is 13.4. The van der Waals surface area contributed by atoms with Gasteiger partial charge in [0.15, 0.2) is 5.82 Å². The molecular formula is C12H22N4O2. The zero-order valence-corrected chi connectivity index (χ0v) is 11.5. The van der Waals surface area contributed by atoms with Crippen LogP contribution in [0.5, 0.6) is 0 Å². The van der Waals surface area contributed by atoms with Crippen LogP contribution in [0, 0.1) is 0 Å². The molecule has 0 bridgehead atoms. The van der Waals surface area contributed by atoms with Crippen molar-refractivity contribution >= 4 is 11.6 Å². The minimum Gasteiger partial charge on any atom is -0.383 e. The average molecular weight is 254 g/mol. The first-order valence-electron chi connectivity index (χ1n) is 6.05. The molecule has 0 fully saturated rings. The van der Waals surface area contributed by atoms with E-state index in [2.05, 4.69) is 20.6 Å². The molecule has 0 saturated heterocycles. The van der Waals surface area contributed by atoms with Crippen molar-refractivity contribution in [3.05, 3.63) is 11.9 Å². The Hall–Kier alpha value is -1.40. The van der Waals surface area contributed by atoms with E-state index in [1.807, 2.05) is 19.9 Å². The predicted octanol–water partition coefficient (Wildman–Crippen LogP) is 1.50. The van der Waals surface area contributed by atoms with Crippen LogP contribution in [0.4, 0.5) is 11.6 Å². The van der Waals surface area contributed by atoms with Crippen LogP contribution in [0.25, 0.3) is 0 Å². The molecule has 0 amide bonds. The van der Waals surface area contributed by atoms with Crippen molar-refractivity contribution in [2.45, 2.75) is 26.5 Å². The third-order valence-electron chi connectivity index (χ3n) is 2.21. The molecule has 1 aromatic heterocycles. The minimum atomic E-state index is 0.190. The Balaban J connectivity index is 2.81. The fraction of sp³-hybridized carbons (Fsp3) is 0.667. The monoisotopic (exact) mass is 254 g/mol. The molecule has 102 valence electrons. The molecule has 0 aliphatic rings. The summed E-state index contributed by atoms with van der Waals surface area (Å²) in [5.41, 5.74) is 0. The van der Waals surface area contributed by atoms with E-state index in [0.29, 0.717) is 19.0 Å². The first-order valence-corrected chi connectivity index (χ1v) is 6.05. The molecule has 1 unspecified atom stereocenters. The lowest BCUT2D eigenvalue weighted by Gasteiger charge is -2.15. The Morgan fingerprint density at radius 1 is 1.22 bits per heavy atom. The van der Waals surface area contributed by atoms with Crippen molar-refractivity contribution in [1.29, 1.82) is 0 Å². The second-order valence-corrected chi connectivity index (χ2v) is 4.02. The maximum atomic E-state index is 5.09. The van der Waals surface area contributed by atoms with Crippen molar-refractivity contribution < 1.29 is 9.47 Å². The maximum Gasteiger partial charge on any atom is 0.158 e. The molecular weight excluding hydrogens is 232 g/mol. The number of aromatic nitrogens is 2. The van der Waals surface area contributed by atoms with E-state index < -0.39 is 0 Å². The van der Waals surface area contributed by atoms with E-state index in [9.17, 15) is 0 Å². The largest absolute Gasteiger partial charge is 0.383 e. The fourth-order valence-corrected chi connectivity index (χ4v) is 1.58.